The number of rotatable bonds is 8. The van der Waals surface area contributed by atoms with E-state index >= 15 is 0 Å². The molecule has 0 aliphatic carbocycles. The number of carbonyl (C=O) groups is 1. The van der Waals surface area contributed by atoms with E-state index in [-0.39, 0.29) is 4.87 Å². The number of H-pyrrole nitrogens is 1. The first-order chi connectivity index (χ1) is 17.7. The van der Waals surface area contributed by atoms with E-state index in [0.717, 1.165) is 52.1 Å². The Morgan fingerprint density at radius 2 is 1.76 bits per heavy atom. The Bertz CT molecular complexity index is 1330. The minimum atomic E-state index is -0.442. The van der Waals surface area contributed by atoms with Gasteiger partial charge in [-0.2, -0.15) is 5.10 Å². The van der Waals surface area contributed by atoms with Crippen LogP contribution in [0.1, 0.15) is 52.5 Å². The van der Waals surface area contributed by atoms with E-state index < -0.39 is 5.91 Å². The van der Waals surface area contributed by atoms with Crippen molar-refractivity contribution in [3.63, 3.8) is 0 Å². The van der Waals surface area contributed by atoms with E-state index in [0.29, 0.717) is 17.9 Å². The molecule has 0 bridgehead atoms. The molecule has 1 amide bonds. The summed E-state index contributed by atoms with van der Waals surface area (Å²) >= 11 is 1.20. The minimum absolute atomic E-state index is 0.0603. The number of hydrogen-bond donors (Lipinski definition) is 2. The number of primary amides is 1. The van der Waals surface area contributed by atoms with E-state index in [2.05, 4.69) is 33.1 Å². The molecule has 0 spiro atoms. The molecular weight excluding hydrogens is 486 g/mol. The molecule has 0 radical (unpaired) electrons. The number of para-hydroxylation sites is 1. The van der Waals surface area contributed by atoms with Crippen molar-refractivity contribution < 1.29 is 9.53 Å². The molecular formula is C28H37N5O3S. The summed E-state index contributed by atoms with van der Waals surface area (Å²) in [5.41, 5.74) is 9.96. The van der Waals surface area contributed by atoms with Crippen molar-refractivity contribution in [2.45, 2.75) is 47.1 Å². The van der Waals surface area contributed by atoms with Crippen molar-refractivity contribution >= 4 is 28.1 Å². The van der Waals surface area contributed by atoms with Crippen LogP contribution in [0.2, 0.25) is 0 Å². The Labute approximate surface area is 222 Å². The number of aromatic nitrogens is 3. The predicted molar refractivity (Wildman–Crippen MR) is 151 cm³/mol. The van der Waals surface area contributed by atoms with Gasteiger partial charge >= 0.3 is 4.87 Å². The molecule has 2 aromatic carbocycles. The number of hydrogen-bond acceptors (Lipinski definition) is 7. The number of aromatic amines is 1. The van der Waals surface area contributed by atoms with E-state index in [9.17, 15) is 9.59 Å². The van der Waals surface area contributed by atoms with Crippen LogP contribution >= 0.6 is 11.3 Å². The summed E-state index contributed by atoms with van der Waals surface area (Å²) in [5.74, 6) is 0.260. The van der Waals surface area contributed by atoms with Crippen molar-refractivity contribution in [3.8, 4) is 5.75 Å². The zero-order valence-electron chi connectivity index (χ0n) is 22.5. The van der Waals surface area contributed by atoms with Crippen molar-refractivity contribution in [2.24, 2.45) is 5.73 Å². The SMILES string of the molecule is CC.CN(C)CCCc1n[nH]c(=O)s1.Cc1nc2ccccc2c(COc2ccc(C(N)=O)cc2)c1C. The standard InChI is InChI=1S/C19H18N2O2.C7H13N3OS.C2H6/c1-12-13(2)21-18-6-4-3-5-16(18)17(12)11-23-15-9-7-14(8-10-15)19(20)22;1-10(2)5-3-4-6-8-9-7(11)12-6;1-2/h3-10H,11H2,1-2H3,(H2,20,22);3-5H2,1-2H3,(H,9,11);1-2H3. The molecule has 4 rings (SSSR count). The van der Waals surface area contributed by atoms with Gasteiger partial charge in [-0.05, 0) is 76.8 Å². The molecule has 8 nitrogen and oxygen atoms in total. The van der Waals surface area contributed by atoms with E-state index in [1.54, 1.807) is 24.3 Å². The van der Waals surface area contributed by atoms with Crippen LogP contribution in [0.25, 0.3) is 10.9 Å². The normalized spacial score (nSPS) is 10.4. The topological polar surface area (TPSA) is 114 Å². The van der Waals surface area contributed by atoms with Gasteiger partial charge in [-0.25, -0.2) is 5.10 Å². The quantitative estimate of drug-likeness (QED) is 0.340. The van der Waals surface area contributed by atoms with Gasteiger partial charge in [-0.3, -0.25) is 14.6 Å². The van der Waals surface area contributed by atoms with Gasteiger partial charge < -0.3 is 15.4 Å². The number of nitrogens with zero attached hydrogens (tertiary/aromatic N) is 3. The van der Waals surface area contributed by atoms with Crippen LogP contribution in [0, 0.1) is 13.8 Å². The zero-order valence-corrected chi connectivity index (χ0v) is 23.3. The fraction of sp³-hybridized carbons (Fsp3) is 0.357. The summed E-state index contributed by atoms with van der Waals surface area (Å²) in [6, 6.07) is 14.9. The predicted octanol–water partition coefficient (Wildman–Crippen LogP) is 4.88. The van der Waals surface area contributed by atoms with Gasteiger partial charge in [0, 0.05) is 28.6 Å². The number of pyridine rings is 1. The van der Waals surface area contributed by atoms with Gasteiger partial charge in [-0.1, -0.05) is 43.4 Å². The minimum Gasteiger partial charge on any atom is -0.489 e. The maximum Gasteiger partial charge on any atom is 0.322 e. The Balaban J connectivity index is 0.000000291. The summed E-state index contributed by atoms with van der Waals surface area (Å²) < 4.78 is 5.89. The lowest BCUT2D eigenvalue weighted by Crippen LogP contribution is -2.13. The van der Waals surface area contributed by atoms with E-state index in [1.807, 2.05) is 53.1 Å². The molecule has 0 saturated heterocycles. The zero-order chi connectivity index (χ0) is 27.4. The highest BCUT2D eigenvalue weighted by Crippen LogP contribution is 2.24. The molecule has 2 aromatic heterocycles. The smallest absolute Gasteiger partial charge is 0.322 e. The summed E-state index contributed by atoms with van der Waals surface area (Å²) in [7, 11) is 4.07. The number of fused-ring (bicyclic) bond motifs is 1. The van der Waals surface area contributed by atoms with Gasteiger partial charge in [-0.15, -0.1) is 0 Å². The second-order valence-electron chi connectivity index (χ2n) is 8.41. The Morgan fingerprint density at radius 3 is 2.35 bits per heavy atom. The third-order valence-corrected chi connectivity index (χ3v) is 6.32. The highest BCUT2D eigenvalue weighted by atomic mass is 32.1. The van der Waals surface area contributed by atoms with E-state index in [1.165, 1.54) is 11.3 Å². The molecule has 0 aliphatic rings. The van der Waals surface area contributed by atoms with Crippen molar-refractivity contribution in [1.29, 1.82) is 0 Å². The first kappa shape index (κ1) is 29.7. The van der Waals surface area contributed by atoms with Gasteiger partial charge in [0.15, 0.2) is 0 Å². The van der Waals surface area contributed by atoms with Gasteiger partial charge in [0.2, 0.25) is 5.91 Å². The summed E-state index contributed by atoms with van der Waals surface area (Å²) in [6.07, 6.45) is 1.94. The third kappa shape index (κ3) is 9.11. The molecule has 0 unspecified atom stereocenters. The third-order valence-electron chi connectivity index (χ3n) is 5.51. The fourth-order valence-corrected chi connectivity index (χ4v) is 4.13. The van der Waals surface area contributed by atoms with Crippen LogP contribution in [-0.2, 0) is 13.0 Å². The van der Waals surface area contributed by atoms with Gasteiger partial charge in [0.25, 0.3) is 0 Å². The van der Waals surface area contributed by atoms with Crippen LogP contribution in [-0.4, -0.2) is 46.6 Å². The average molecular weight is 524 g/mol. The largest absolute Gasteiger partial charge is 0.489 e. The molecule has 9 heteroatoms. The molecule has 3 N–H and O–H groups in total. The molecule has 4 aromatic rings. The lowest BCUT2D eigenvalue weighted by Gasteiger charge is -2.13. The second-order valence-corrected chi connectivity index (χ2v) is 9.46. The summed E-state index contributed by atoms with van der Waals surface area (Å²) in [5, 5.41) is 8.29. The molecule has 0 fully saturated rings. The maximum absolute atomic E-state index is 11.1. The summed E-state index contributed by atoms with van der Waals surface area (Å²) in [4.78, 5) is 28.4. The number of amides is 1. The average Bonchev–Trinajstić information content (AvgIpc) is 3.31. The first-order valence-electron chi connectivity index (χ1n) is 12.3. The summed E-state index contributed by atoms with van der Waals surface area (Å²) in [6.45, 7) is 9.55. The highest BCUT2D eigenvalue weighted by molar-refractivity contribution is 7.08. The van der Waals surface area contributed by atoms with Crippen LogP contribution in [0.3, 0.4) is 0 Å². The number of aryl methyl sites for hydroxylation is 2. The lowest BCUT2D eigenvalue weighted by molar-refractivity contribution is 0.1000. The van der Waals surface area contributed by atoms with Crippen LogP contribution < -0.4 is 15.3 Å². The molecule has 0 aliphatic heterocycles. The van der Waals surface area contributed by atoms with E-state index in [4.69, 9.17) is 10.5 Å². The molecule has 37 heavy (non-hydrogen) atoms. The van der Waals surface area contributed by atoms with Crippen LogP contribution in [0.5, 0.6) is 5.75 Å². The van der Waals surface area contributed by atoms with Crippen LogP contribution in [0.15, 0.2) is 53.3 Å². The number of nitrogens with one attached hydrogen (secondary N) is 1. The highest BCUT2D eigenvalue weighted by Gasteiger charge is 2.10. The molecule has 0 saturated carbocycles. The maximum atomic E-state index is 11.1. The monoisotopic (exact) mass is 523 g/mol. The van der Waals surface area contributed by atoms with Crippen molar-refractivity contribution in [1.82, 2.24) is 20.1 Å². The second kappa shape index (κ2) is 14.9. The first-order valence-corrected chi connectivity index (χ1v) is 13.1. The van der Waals surface area contributed by atoms with Crippen molar-refractivity contribution in [2.75, 3.05) is 20.6 Å². The molecule has 198 valence electrons. The Kier molecular flexibility index (Phi) is 11.9. The number of nitrogens with two attached hydrogens (primary N) is 1. The van der Waals surface area contributed by atoms with Gasteiger partial charge in [0.1, 0.15) is 17.4 Å². The molecule has 0 atom stereocenters. The fourth-order valence-electron chi connectivity index (χ4n) is 3.48. The molecule has 2 heterocycles. The van der Waals surface area contributed by atoms with Crippen molar-refractivity contribution in [3.05, 3.63) is 85.6 Å². The number of ether oxygens (including phenoxy) is 1. The lowest BCUT2D eigenvalue weighted by atomic mass is 10.0. The number of benzene rings is 2. The van der Waals surface area contributed by atoms with Crippen LogP contribution in [0.4, 0.5) is 0 Å². The number of carbonyl (C=O) groups excluding carboxylic acids is 1. The Hall–Kier alpha value is -3.56. The Morgan fingerprint density at radius 1 is 1.08 bits per heavy atom. The van der Waals surface area contributed by atoms with Gasteiger partial charge in [0.05, 0.1) is 5.52 Å².